The van der Waals surface area contributed by atoms with Crippen LogP contribution in [-0.4, -0.2) is 41.3 Å². The highest BCUT2D eigenvalue weighted by molar-refractivity contribution is 7.13. The number of thiazole rings is 1. The van der Waals surface area contributed by atoms with E-state index in [-0.39, 0.29) is 11.8 Å². The normalized spacial score (nSPS) is 17.3. The molecule has 0 spiro atoms. The van der Waals surface area contributed by atoms with Gasteiger partial charge in [0.1, 0.15) is 0 Å². The van der Waals surface area contributed by atoms with Crippen molar-refractivity contribution in [2.45, 2.75) is 45.4 Å². The van der Waals surface area contributed by atoms with Crippen molar-refractivity contribution in [3.8, 4) is 0 Å². The van der Waals surface area contributed by atoms with Crippen LogP contribution < -0.4 is 5.32 Å². The summed E-state index contributed by atoms with van der Waals surface area (Å²) in [6.07, 6.45) is 3.36. The lowest BCUT2D eigenvalue weighted by atomic mass is 9.98. The monoisotopic (exact) mass is 391 g/mol. The van der Waals surface area contributed by atoms with Crippen LogP contribution in [0.4, 0.5) is 0 Å². The molecule has 1 N–H and O–H groups in total. The minimum absolute atomic E-state index is 0.0747. The number of aromatic nitrogens is 1. The predicted octanol–water partition coefficient (Wildman–Crippen LogP) is 3.60. The molecular weight excluding hydrogens is 366 g/mol. The highest BCUT2D eigenvalue weighted by Gasteiger charge is 2.27. The molecule has 140 valence electrons. The van der Waals surface area contributed by atoms with Gasteiger partial charge in [-0.2, -0.15) is 0 Å². The molecule has 1 saturated heterocycles. The summed E-state index contributed by atoms with van der Waals surface area (Å²) in [6.45, 7) is 6.08. The van der Waals surface area contributed by atoms with Crippen molar-refractivity contribution in [3.63, 3.8) is 0 Å². The molecule has 3 heterocycles. The predicted molar refractivity (Wildman–Crippen MR) is 106 cm³/mol. The van der Waals surface area contributed by atoms with Gasteiger partial charge in [0, 0.05) is 48.7 Å². The van der Waals surface area contributed by atoms with E-state index in [1.807, 2.05) is 30.9 Å². The minimum atomic E-state index is 0.0747. The summed E-state index contributed by atoms with van der Waals surface area (Å²) in [7, 11) is 0. The Balaban J connectivity index is 1.57. The molecule has 0 radical (unpaired) electrons. The molecule has 3 rings (SSSR count). The van der Waals surface area contributed by atoms with Crippen molar-refractivity contribution in [2.75, 3.05) is 19.6 Å². The van der Waals surface area contributed by atoms with Gasteiger partial charge in [0.25, 0.3) is 5.91 Å². The number of rotatable bonds is 6. The molecule has 1 fully saturated rings. The molecular formula is C19H25N3O2S2. The van der Waals surface area contributed by atoms with Crippen LogP contribution in [0.5, 0.6) is 0 Å². The molecule has 0 aromatic carbocycles. The van der Waals surface area contributed by atoms with Crippen LogP contribution in [0.1, 0.15) is 57.4 Å². The van der Waals surface area contributed by atoms with Gasteiger partial charge in [0.2, 0.25) is 5.91 Å². The summed E-state index contributed by atoms with van der Waals surface area (Å²) < 4.78 is 0. The van der Waals surface area contributed by atoms with Gasteiger partial charge in [0.15, 0.2) is 0 Å². The average Bonchev–Trinajstić information content (AvgIpc) is 3.30. The van der Waals surface area contributed by atoms with E-state index in [9.17, 15) is 9.59 Å². The Bertz CT molecular complexity index is 768. The Morgan fingerprint density at radius 2 is 2.23 bits per heavy atom. The van der Waals surface area contributed by atoms with Crippen LogP contribution in [-0.2, 0) is 11.2 Å². The summed E-state index contributed by atoms with van der Waals surface area (Å²) in [6, 6.07) is 3.93. The van der Waals surface area contributed by atoms with Crippen molar-refractivity contribution in [1.82, 2.24) is 15.2 Å². The van der Waals surface area contributed by atoms with Crippen molar-refractivity contribution in [1.29, 1.82) is 0 Å². The lowest BCUT2D eigenvalue weighted by molar-refractivity contribution is -0.120. The van der Waals surface area contributed by atoms with Gasteiger partial charge in [0.05, 0.1) is 15.6 Å². The van der Waals surface area contributed by atoms with Gasteiger partial charge in [-0.1, -0.05) is 6.92 Å². The van der Waals surface area contributed by atoms with E-state index in [1.165, 1.54) is 4.88 Å². The van der Waals surface area contributed by atoms with Gasteiger partial charge < -0.3 is 10.2 Å². The summed E-state index contributed by atoms with van der Waals surface area (Å²) in [4.78, 5) is 32.7. The van der Waals surface area contributed by atoms with E-state index in [0.29, 0.717) is 18.9 Å². The molecule has 0 aliphatic carbocycles. The Kier molecular flexibility index (Phi) is 6.43. The lowest BCUT2D eigenvalue weighted by Crippen LogP contribution is -2.38. The number of hydrogen-bond donors (Lipinski definition) is 1. The zero-order valence-electron chi connectivity index (χ0n) is 15.3. The number of nitrogens with zero attached hydrogens (tertiary/aromatic N) is 2. The minimum Gasteiger partial charge on any atom is -0.356 e. The molecule has 5 nitrogen and oxygen atoms in total. The molecule has 1 aliphatic rings. The Labute approximate surface area is 162 Å². The maximum absolute atomic E-state index is 12.7. The summed E-state index contributed by atoms with van der Waals surface area (Å²) in [5, 5.41) is 6.08. The number of likely N-dealkylation sites (tertiary alicyclic amines) is 1. The van der Waals surface area contributed by atoms with Crippen molar-refractivity contribution >= 4 is 34.5 Å². The number of carbonyl (C=O) groups is 2. The topological polar surface area (TPSA) is 62.3 Å². The Morgan fingerprint density at radius 3 is 2.96 bits per heavy atom. The highest BCUT2D eigenvalue weighted by Crippen LogP contribution is 2.30. The molecule has 1 atom stereocenters. The van der Waals surface area contributed by atoms with Crippen LogP contribution in [0, 0.1) is 6.92 Å². The first kappa shape index (κ1) is 19.0. The first-order chi connectivity index (χ1) is 12.6. The third-order valence-electron chi connectivity index (χ3n) is 4.60. The molecule has 7 heteroatoms. The van der Waals surface area contributed by atoms with Crippen LogP contribution >= 0.6 is 22.7 Å². The second-order valence-corrected chi connectivity index (χ2v) is 8.81. The van der Waals surface area contributed by atoms with E-state index in [1.54, 1.807) is 22.7 Å². The number of piperidine rings is 1. The highest BCUT2D eigenvalue weighted by atomic mass is 32.1. The fraction of sp³-hybridized carbons (Fsp3) is 0.526. The molecule has 2 aromatic heterocycles. The SMILES string of the molecule is CCC(=O)NCCc1csc([C@H]2CCCN(C(=O)c3ccc(C)s3)C2)n1. The fourth-order valence-electron chi connectivity index (χ4n) is 3.15. The largest absolute Gasteiger partial charge is 0.356 e. The number of hydrogen-bond acceptors (Lipinski definition) is 5. The maximum atomic E-state index is 12.7. The Hall–Kier alpha value is -1.73. The summed E-state index contributed by atoms with van der Waals surface area (Å²) in [5.74, 6) is 0.537. The maximum Gasteiger partial charge on any atom is 0.263 e. The molecule has 2 aromatic rings. The quantitative estimate of drug-likeness (QED) is 0.818. The van der Waals surface area contributed by atoms with Gasteiger partial charge in [-0.05, 0) is 31.9 Å². The van der Waals surface area contributed by atoms with Crippen LogP contribution in [0.2, 0.25) is 0 Å². The molecule has 26 heavy (non-hydrogen) atoms. The van der Waals surface area contributed by atoms with Gasteiger partial charge in [-0.3, -0.25) is 9.59 Å². The van der Waals surface area contributed by atoms with Crippen molar-refractivity contribution < 1.29 is 9.59 Å². The van der Waals surface area contributed by atoms with Crippen LogP contribution in [0.3, 0.4) is 0 Å². The second kappa shape index (κ2) is 8.77. The first-order valence-corrected chi connectivity index (χ1v) is 10.8. The van der Waals surface area contributed by atoms with Gasteiger partial charge in [-0.25, -0.2) is 4.98 Å². The van der Waals surface area contributed by atoms with Crippen LogP contribution in [0.15, 0.2) is 17.5 Å². The first-order valence-electron chi connectivity index (χ1n) is 9.13. The molecule has 1 aliphatic heterocycles. The number of thiophene rings is 1. The zero-order valence-corrected chi connectivity index (χ0v) is 16.9. The number of amides is 2. The molecule has 2 amide bonds. The van der Waals surface area contributed by atoms with Gasteiger partial charge >= 0.3 is 0 Å². The standard InChI is InChI=1S/C19H25N3O2S2/c1-3-17(23)20-9-8-15-12-25-18(21-15)14-5-4-10-22(11-14)19(24)16-7-6-13(2)26-16/h6-7,12,14H,3-5,8-11H2,1-2H3,(H,20,23)/t14-/m0/s1. The van der Waals surface area contributed by atoms with Gasteiger partial charge in [-0.15, -0.1) is 22.7 Å². The third-order valence-corrected chi connectivity index (χ3v) is 6.65. The molecule has 0 bridgehead atoms. The summed E-state index contributed by atoms with van der Waals surface area (Å²) >= 11 is 3.24. The van der Waals surface area contributed by atoms with Crippen molar-refractivity contribution in [3.05, 3.63) is 38.0 Å². The summed E-state index contributed by atoms with van der Waals surface area (Å²) in [5.41, 5.74) is 1.03. The van der Waals surface area contributed by atoms with Crippen molar-refractivity contribution in [2.24, 2.45) is 0 Å². The number of carbonyl (C=O) groups excluding carboxylic acids is 2. The second-order valence-electron chi connectivity index (χ2n) is 6.63. The molecule has 0 saturated carbocycles. The van der Waals surface area contributed by atoms with E-state index in [0.717, 1.165) is 47.9 Å². The van der Waals surface area contributed by atoms with Crippen LogP contribution in [0.25, 0.3) is 0 Å². The Morgan fingerprint density at radius 1 is 1.38 bits per heavy atom. The third kappa shape index (κ3) is 4.71. The fourth-order valence-corrected chi connectivity index (χ4v) is 4.97. The lowest BCUT2D eigenvalue weighted by Gasteiger charge is -2.31. The smallest absolute Gasteiger partial charge is 0.263 e. The zero-order chi connectivity index (χ0) is 18.5. The average molecular weight is 392 g/mol. The number of nitrogens with one attached hydrogen (secondary N) is 1. The molecule has 0 unspecified atom stereocenters. The van der Waals surface area contributed by atoms with E-state index in [2.05, 4.69) is 10.7 Å². The van der Waals surface area contributed by atoms with E-state index >= 15 is 0 Å². The van der Waals surface area contributed by atoms with E-state index < -0.39 is 0 Å². The number of aryl methyl sites for hydroxylation is 1. The van der Waals surface area contributed by atoms with E-state index in [4.69, 9.17) is 4.98 Å².